The first-order chi connectivity index (χ1) is 11.9. The summed E-state index contributed by atoms with van der Waals surface area (Å²) in [5.74, 6) is 1.82. The molecule has 1 unspecified atom stereocenters. The van der Waals surface area contributed by atoms with Gasteiger partial charge in [-0.25, -0.2) is 4.99 Å². The monoisotopic (exact) mass is 377 g/mol. The highest BCUT2D eigenvalue weighted by Gasteiger charge is 2.33. The molecule has 0 bridgehead atoms. The van der Waals surface area contributed by atoms with E-state index in [1.807, 2.05) is 12.1 Å². The van der Waals surface area contributed by atoms with Crippen LogP contribution in [0.15, 0.2) is 33.9 Å². The maximum atomic E-state index is 6.26. The van der Waals surface area contributed by atoms with E-state index in [1.165, 1.54) is 5.57 Å². The molecule has 1 aromatic rings. The van der Waals surface area contributed by atoms with Crippen molar-refractivity contribution in [2.45, 2.75) is 19.9 Å². The van der Waals surface area contributed by atoms with Crippen LogP contribution in [-0.4, -0.2) is 60.7 Å². The fourth-order valence-corrected chi connectivity index (χ4v) is 3.59. The highest BCUT2D eigenvalue weighted by atomic mass is 35.5. The first kappa shape index (κ1) is 16.9. The number of fused-ring (bicyclic) bond motifs is 3. The maximum Gasteiger partial charge on any atom is 0.176 e. The summed E-state index contributed by atoms with van der Waals surface area (Å²) in [4.78, 5) is 16.6. The molecule has 0 N–H and O–H groups in total. The van der Waals surface area contributed by atoms with E-state index in [4.69, 9.17) is 33.2 Å². The molecule has 1 atom stereocenters. The third-order valence-corrected chi connectivity index (χ3v) is 5.76. The van der Waals surface area contributed by atoms with Crippen LogP contribution in [-0.2, 0) is 0 Å². The molecule has 0 aliphatic carbocycles. The number of halogens is 2. The molecule has 5 nitrogen and oxygen atoms in total. The van der Waals surface area contributed by atoms with Gasteiger partial charge in [0, 0.05) is 32.4 Å². The van der Waals surface area contributed by atoms with E-state index in [2.05, 4.69) is 41.8 Å². The van der Waals surface area contributed by atoms with Crippen LogP contribution in [0.5, 0.6) is 0 Å². The van der Waals surface area contributed by atoms with Crippen LogP contribution in [0, 0.1) is 0 Å². The van der Waals surface area contributed by atoms with E-state index in [1.54, 1.807) is 0 Å². The zero-order valence-corrected chi connectivity index (χ0v) is 16.1. The number of hydrogen-bond donors (Lipinski definition) is 0. The third kappa shape index (κ3) is 2.94. The standard InChI is InChI=1S/C18H21Cl2N5/c1-11-10-25-16-9-14(20)13(19)8-15(16)22-17(18(25)21-12(11)2)24-6-4-23(3)5-7-24/h8-10,12H,4-7H2,1-3H3. The Morgan fingerprint density at radius 2 is 1.72 bits per heavy atom. The quantitative estimate of drug-likeness (QED) is 0.689. The number of anilines is 1. The smallest absolute Gasteiger partial charge is 0.176 e. The Morgan fingerprint density at radius 1 is 1.04 bits per heavy atom. The number of amidine groups is 2. The van der Waals surface area contributed by atoms with E-state index in [0.717, 1.165) is 49.2 Å². The third-order valence-electron chi connectivity index (χ3n) is 5.04. The molecule has 1 aromatic carbocycles. The fraction of sp³-hybridized carbons (Fsp3) is 0.444. The Bertz CT molecular complexity index is 806. The summed E-state index contributed by atoms with van der Waals surface area (Å²) in [5, 5.41) is 1.05. The van der Waals surface area contributed by atoms with Gasteiger partial charge in [-0.1, -0.05) is 23.2 Å². The Kier molecular flexibility index (Phi) is 4.26. The van der Waals surface area contributed by atoms with Crippen molar-refractivity contribution < 1.29 is 0 Å². The highest BCUT2D eigenvalue weighted by molar-refractivity contribution is 6.48. The molecule has 7 heteroatoms. The van der Waals surface area contributed by atoms with E-state index in [9.17, 15) is 0 Å². The first-order valence-corrected chi connectivity index (χ1v) is 9.26. The van der Waals surface area contributed by atoms with E-state index in [0.29, 0.717) is 10.0 Å². The van der Waals surface area contributed by atoms with Gasteiger partial charge in [0.05, 0.1) is 27.5 Å². The normalized spacial score (nSPS) is 23.6. The molecule has 3 heterocycles. The number of benzene rings is 1. The van der Waals surface area contributed by atoms with Crippen molar-refractivity contribution in [3.63, 3.8) is 0 Å². The number of piperazine rings is 1. The van der Waals surface area contributed by atoms with Gasteiger partial charge in [-0.3, -0.25) is 9.89 Å². The lowest BCUT2D eigenvalue weighted by atomic mass is 10.1. The Labute approximate surface area is 158 Å². The molecule has 132 valence electrons. The van der Waals surface area contributed by atoms with Crippen LogP contribution in [0.1, 0.15) is 13.8 Å². The summed E-state index contributed by atoms with van der Waals surface area (Å²) in [7, 11) is 2.15. The second-order valence-electron chi connectivity index (χ2n) is 6.85. The second kappa shape index (κ2) is 6.31. The van der Waals surface area contributed by atoms with E-state index >= 15 is 0 Å². The molecule has 1 saturated heterocycles. The van der Waals surface area contributed by atoms with Crippen molar-refractivity contribution in [2.24, 2.45) is 9.98 Å². The number of nitrogens with zero attached hydrogens (tertiary/aromatic N) is 5. The summed E-state index contributed by atoms with van der Waals surface area (Å²) in [6, 6.07) is 3.86. The van der Waals surface area contributed by atoms with Crippen LogP contribution < -0.4 is 4.90 Å². The van der Waals surface area contributed by atoms with Crippen molar-refractivity contribution in [1.82, 2.24) is 9.80 Å². The molecule has 0 amide bonds. The average Bonchev–Trinajstić information content (AvgIpc) is 2.58. The lowest BCUT2D eigenvalue weighted by Crippen LogP contribution is -2.53. The molecule has 1 fully saturated rings. The van der Waals surface area contributed by atoms with Crippen molar-refractivity contribution in [1.29, 1.82) is 0 Å². The maximum absolute atomic E-state index is 6.26. The summed E-state index contributed by atoms with van der Waals surface area (Å²) < 4.78 is 0. The van der Waals surface area contributed by atoms with Gasteiger partial charge in [0.25, 0.3) is 0 Å². The van der Waals surface area contributed by atoms with E-state index < -0.39 is 0 Å². The van der Waals surface area contributed by atoms with Gasteiger partial charge in [-0.2, -0.15) is 0 Å². The lowest BCUT2D eigenvalue weighted by molar-refractivity contribution is 0.217. The van der Waals surface area contributed by atoms with Crippen LogP contribution in [0.2, 0.25) is 10.0 Å². The Hall–Kier alpha value is -1.56. The Morgan fingerprint density at radius 3 is 2.44 bits per heavy atom. The Balaban J connectivity index is 1.83. The highest BCUT2D eigenvalue weighted by Crippen LogP contribution is 2.41. The van der Waals surface area contributed by atoms with Gasteiger partial charge >= 0.3 is 0 Å². The molecular formula is C18H21Cl2N5. The molecule has 0 aromatic heterocycles. The summed E-state index contributed by atoms with van der Waals surface area (Å²) in [6.07, 6.45) is 2.14. The molecule has 0 saturated carbocycles. The number of hydrogen-bond acceptors (Lipinski definition) is 5. The number of likely N-dealkylation sites (N-methyl/N-ethyl adjacent to an activating group) is 1. The lowest BCUT2D eigenvalue weighted by Gasteiger charge is -2.40. The molecule has 3 aliphatic rings. The minimum atomic E-state index is 0.147. The number of rotatable bonds is 0. The van der Waals surface area contributed by atoms with Crippen molar-refractivity contribution in [2.75, 3.05) is 38.1 Å². The minimum absolute atomic E-state index is 0.147. The summed E-state index contributed by atoms with van der Waals surface area (Å²) in [6.45, 7) is 8.13. The zero-order valence-electron chi connectivity index (χ0n) is 14.6. The van der Waals surface area contributed by atoms with Crippen molar-refractivity contribution in [3.05, 3.63) is 34.0 Å². The second-order valence-corrected chi connectivity index (χ2v) is 7.67. The molecule has 0 radical (unpaired) electrons. The fourth-order valence-electron chi connectivity index (χ4n) is 3.27. The topological polar surface area (TPSA) is 34.4 Å². The molecular weight excluding hydrogens is 357 g/mol. The molecule has 3 aliphatic heterocycles. The summed E-state index contributed by atoms with van der Waals surface area (Å²) >= 11 is 12.5. The van der Waals surface area contributed by atoms with Gasteiger partial charge in [0.2, 0.25) is 0 Å². The van der Waals surface area contributed by atoms with Gasteiger partial charge in [0.15, 0.2) is 11.7 Å². The SMILES string of the molecule is CC1=CN2C(=NC1C)C(N1CCN(C)CC1)=Nc1cc(Cl)c(Cl)cc12. The molecule has 4 rings (SSSR count). The predicted molar refractivity (Wildman–Crippen MR) is 106 cm³/mol. The summed E-state index contributed by atoms with van der Waals surface area (Å²) in [5.41, 5.74) is 2.97. The van der Waals surface area contributed by atoms with Crippen LogP contribution in [0.4, 0.5) is 11.4 Å². The average molecular weight is 378 g/mol. The number of aliphatic imine (C=N–C) groups is 2. The van der Waals surface area contributed by atoms with E-state index in [-0.39, 0.29) is 6.04 Å². The molecule has 25 heavy (non-hydrogen) atoms. The van der Waals surface area contributed by atoms with Crippen molar-refractivity contribution >= 4 is 46.2 Å². The first-order valence-electron chi connectivity index (χ1n) is 8.51. The van der Waals surface area contributed by atoms with Crippen molar-refractivity contribution in [3.8, 4) is 0 Å². The van der Waals surface area contributed by atoms with Crippen LogP contribution in [0.3, 0.4) is 0 Å². The van der Waals surface area contributed by atoms with Crippen LogP contribution >= 0.6 is 23.2 Å². The van der Waals surface area contributed by atoms with Crippen LogP contribution in [0.25, 0.3) is 0 Å². The molecule has 0 spiro atoms. The van der Waals surface area contributed by atoms with Gasteiger partial charge in [-0.15, -0.1) is 0 Å². The predicted octanol–water partition coefficient (Wildman–Crippen LogP) is 3.80. The minimum Gasteiger partial charge on any atom is -0.351 e. The zero-order chi connectivity index (χ0) is 17.7. The van der Waals surface area contributed by atoms with Gasteiger partial charge < -0.3 is 9.80 Å². The van der Waals surface area contributed by atoms with Gasteiger partial charge in [-0.05, 0) is 38.6 Å². The largest absolute Gasteiger partial charge is 0.351 e. The van der Waals surface area contributed by atoms with Gasteiger partial charge in [0.1, 0.15) is 0 Å².